The van der Waals surface area contributed by atoms with Crippen LogP contribution in [-0.2, 0) is 4.79 Å². The number of carbonyl (C=O) groups is 1. The summed E-state index contributed by atoms with van der Waals surface area (Å²) in [5.41, 5.74) is 7.94. The van der Waals surface area contributed by atoms with Crippen molar-refractivity contribution in [2.75, 3.05) is 29.5 Å². The molecule has 0 saturated heterocycles. The lowest BCUT2D eigenvalue weighted by Crippen LogP contribution is -2.20. The Hall–Kier alpha value is -2.20. The number of rotatable bonds is 6. The van der Waals surface area contributed by atoms with Crippen LogP contribution in [0.2, 0.25) is 5.02 Å². The first-order chi connectivity index (χ1) is 10.6. The zero-order chi connectivity index (χ0) is 15.9. The summed E-state index contributed by atoms with van der Waals surface area (Å²) in [6.45, 7) is 0.812. The second-order valence-electron chi connectivity index (χ2n) is 5.15. The Balaban J connectivity index is 1.78. The van der Waals surface area contributed by atoms with Gasteiger partial charge in [-0.3, -0.25) is 4.79 Å². The van der Waals surface area contributed by atoms with E-state index in [0.29, 0.717) is 22.8 Å². The molecule has 2 rings (SSSR count). The van der Waals surface area contributed by atoms with Gasteiger partial charge in [-0.25, -0.2) is 0 Å². The van der Waals surface area contributed by atoms with Crippen LogP contribution in [0.5, 0.6) is 0 Å². The van der Waals surface area contributed by atoms with E-state index >= 15 is 0 Å². The molecule has 22 heavy (non-hydrogen) atoms. The largest absolute Gasteiger partial charge is 0.399 e. The molecular weight excluding hydrogens is 298 g/mol. The molecule has 0 unspecified atom stereocenters. The molecule has 2 aromatic carbocycles. The second-order valence-corrected chi connectivity index (χ2v) is 5.56. The van der Waals surface area contributed by atoms with Crippen molar-refractivity contribution in [3.05, 3.63) is 53.6 Å². The molecule has 0 radical (unpaired) electrons. The van der Waals surface area contributed by atoms with E-state index in [2.05, 4.69) is 10.2 Å². The van der Waals surface area contributed by atoms with Crippen LogP contribution < -0.4 is 16.0 Å². The normalized spacial score (nSPS) is 10.3. The van der Waals surface area contributed by atoms with Crippen molar-refractivity contribution in [3.8, 4) is 0 Å². The van der Waals surface area contributed by atoms with Crippen LogP contribution >= 0.6 is 11.6 Å². The molecule has 0 fully saturated rings. The lowest BCUT2D eigenvalue weighted by molar-refractivity contribution is -0.116. The quantitative estimate of drug-likeness (QED) is 0.797. The molecule has 0 aliphatic heterocycles. The van der Waals surface area contributed by atoms with Gasteiger partial charge in [0.2, 0.25) is 5.91 Å². The molecule has 0 spiro atoms. The molecule has 0 heterocycles. The van der Waals surface area contributed by atoms with Gasteiger partial charge in [0.05, 0.1) is 10.7 Å². The Morgan fingerprint density at radius 2 is 1.95 bits per heavy atom. The first kappa shape index (κ1) is 16.2. The summed E-state index contributed by atoms with van der Waals surface area (Å²) >= 11 is 6.04. The predicted molar refractivity (Wildman–Crippen MR) is 93.4 cm³/mol. The highest BCUT2D eigenvalue weighted by Crippen LogP contribution is 2.24. The average molecular weight is 318 g/mol. The molecule has 0 aliphatic rings. The summed E-state index contributed by atoms with van der Waals surface area (Å²) < 4.78 is 0. The van der Waals surface area contributed by atoms with Gasteiger partial charge in [0.15, 0.2) is 0 Å². The Morgan fingerprint density at radius 1 is 1.23 bits per heavy atom. The third-order valence-corrected chi connectivity index (χ3v) is 3.67. The zero-order valence-electron chi connectivity index (χ0n) is 12.6. The number of amides is 1. The lowest BCUT2D eigenvalue weighted by atomic mass is 10.2. The van der Waals surface area contributed by atoms with E-state index in [1.165, 1.54) is 0 Å². The van der Waals surface area contributed by atoms with Crippen molar-refractivity contribution >= 4 is 34.6 Å². The minimum Gasteiger partial charge on any atom is -0.399 e. The molecule has 116 valence electrons. The minimum absolute atomic E-state index is 0.0480. The number of benzene rings is 2. The minimum atomic E-state index is -0.0480. The Bertz CT molecular complexity index is 631. The van der Waals surface area contributed by atoms with Crippen LogP contribution in [-0.4, -0.2) is 19.5 Å². The highest BCUT2D eigenvalue weighted by molar-refractivity contribution is 6.34. The number of hydrogen-bond donors (Lipinski definition) is 2. The smallest absolute Gasteiger partial charge is 0.224 e. The second kappa shape index (κ2) is 7.71. The topological polar surface area (TPSA) is 58.4 Å². The SMILES string of the molecule is CN(CCCC(=O)Nc1ccc(N)cc1Cl)c1ccccc1. The van der Waals surface area contributed by atoms with Crippen LogP contribution in [0.3, 0.4) is 0 Å². The summed E-state index contributed by atoms with van der Waals surface area (Å²) in [5.74, 6) is -0.0480. The fourth-order valence-electron chi connectivity index (χ4n) is 2.13. The number of hydrogen-bond acceptors (Lipinski definition) is 3. The summed E-state index contributed by atoms with van der Waals surface area (Å²) in [6.07, 6.45) is 1.21. The van der Waals surface area contributed by atoms with Gasteiger partial charge >= 0.3 is 0 Å². The number of nitrogens with two attached hydrogens (primary N) is 1. The molecule has 1 amide bonds. The first-order valence-electron chi connectivity index (χ1n) is 7.17. The average Bonchev–Trinajstić information content (AvgIpc) is 2.51. The van der Waals surface area contributed by atoms with Crippen molar-refractivity contribution in [2.45, 2.75) is 12.8 Å². The fraction of sp³-hybridized carbons (Fsp3) is 0.235. The maximum absolute atomic E-state index is 11.9. The Labute approximate surface area is 135 Å². The van der Waals surface area contributed by atoms with Crippen LogP contribution in [0.15, 0.2) is 48.5 Å². The number of anilines is 3. The number of nitrogen functional groups attached to an aromatic ring is 1. The maximum Gasteiger partial charge on any atom is 0.224 e. The number of nitrogens with zero attached hydrogens (tertiary/aromatic N) is 1. The summed E-state index contributed by atoms with van der Waals surface area (Å²) in [5, 5.41) is 3.26. The van der Waals surface area contributed by atoms with Crippen molar-refractivity contribution in [1.29, 1.82) is 0 Å². The number of carbonyl (C=O) groups excluding carboxylic acids is 1. The third kappa shape index (κ3) is 4.67. The highest BCUT2D eigenvalue weighted by Gasteiger charge is 2.07. The van der Waals surface area contributed by atoms with E-state index in [1.54, 1.807) is 18.2 Å². The van der Waals surface area contributed by atoms with Crippen molar-refractivity contribution in [2.24, 2.45) is 0 Å². The van der Waals surface area contributed by atoms with E-state index in [1.807, 2.05) is 37.4 Å². The van der Waals surface area contributed by atoms with Crippen LogP contribution in [0, 0.1) is 0 Å². The van der Waals surface area contributed by atoms with E-state index in [9.17, 15) is 4.79 Å². The fourth-order valence-corrected chi connectivity index (χ4v) is 2.37. The van der Waals surface area contributed by atoms with Gasteiger partial charge in [0.1, 0.15) is 0 Å². The van der Waals surface area contributed by atoms with Gasteiger partial charge < -0.3 is 16.0 Å². The Kier molecular flexibility index (Phi) is 5.67. The molecule has 0 aromatic heterocycles. The molecule has 0 saturated carbocycles. The molecular formula is C17H20ClN3O. The summed E-state index contributed by atoms with van der Waals surface area (Å²) in [7, 11) is 2.02. The molecule has 0 aliphatic carbocycles. The van der Waals surface area contributed by atoms with Crippen LogP contribution in [0.4, 0.5) is 17.1 Å². The first-order valence-corrected chi connectivity index (χ1v) is 7.55. The molecule has 0 atom stereocenters. The highest BCUT2D eigenvalue weighted by atomic mass is 35.5. The van der Waals surface area contributed by atoms with E-state index in [-0.39, 0.29) is 5.91 Å². The lowest BCUT2D eigenvalue weighted by Gasteiger charge is -2.18. The summed E-state index contributed by atoms with van der Waals surface area (Å²) in [6, 6.07) is 15.1. The van der Waals surface area contributed by atoms with Gasteiger partial charge in [0.25, 0.3) is 0 Å². The van der Waals surface area contributed by atoms with Gasteiger partial charge in [-0.15, -0.1) is 0 Å². The molecule has 2 aromatic rings. The standard InChI is InChI=1S/C17H20ClN3O/c1-21(14-6-3-2-4-7-14)11-5-8-17(22)20-16-10-9-13(19)12-15(16)18/h2-4,6-7,9-10,12H,5,8,11,19H2,1H3,(H,20,22). The molecule has 4 nitrogen and oxygen atoms in total. The van der Waals surface area contributed by atoms with E-state index < -0.39 is 0 Å². The van der Waals surface area contributed by atoms with Crippen molar-refractivity contribution in [1.82, 2.24) is 0 Å². The molecule has 0 bridgehead atoms. The third-order valence-electron chi connectivity index (χ3n) is 3.36. The molecule has 3 N–H and O–H groups in total. The van der Waals surface area contributed by atoms with E-state index in [0.717, 1.165) is 18.7 Å². The predicted octanol–water partition coefficient (Wildman–Crippen LogP) is 3.78. The summed E-state index contributed by atoms with van der Waals surface area (Å²) in [4.78, 5) is 14.1. The van der Waals surface area contributed by atoms with Gasteiger partial charge in [-0.1, -0.05) is 29.8 Å². The number of halogens is 1. The zero-order valence-corrected chi connectivity index (χ0v) is 13.3. The van der Waals surface area contributed by atoms with Crippen LogP contribution in [0.1, 0.15) is 12.8 Å². The van der Waals surface area contributed by atoms with Crippen LogP contribution in [0.25, 0.3) is 0 Å². The van der Waals surface area contributed by atoms with Gasteiger partial charge in [-0.05, 0) is 36.8 Å². The van der Waals surface area contributed by atoms with Gasteiger partial charge in [-0.2, -0.15) is 0 Å². The van der Waals surface area contributed by atoms with E-state index in [4.69, 9.17) is 17.3 Å². The van der Waals surface area contributed by atoms with Crippen molar-refractivity contribution < 1.29 is 4.79 Å². The van der Waals surface area contributed by atoms with Gasteiger partial charge in [0, 0.05) is 31.4 Å². The Morgan fingerprint density at radius 3 is 2.64 bits per heavy atom. The number of nitrogens with one attached hydrogen (secondary N) is 1. The monoisotopic (exact) mass is 317 g/mol. The van der Waals surface area contributed by atoms with Crippen molar-refractivity contribution in [3.63, 3.8) is 0 Å². The number of para-hydroxylation sites is 1. The maximum atomic E-state index is 11.9. The molecule has 5 heteroatoms.